The number of carbonyl (C=O) groups excluding carboxylic acids is 1. The molecule has 2 N–H and O–H groups in total. The van der Waals surface area contributed by atoms with Crippen LogP contribution >= 0.6 is 15.9 Å². The summed E-state index contributed by atoms with van der Waals surface area (Å²) in [6.45, 7) is 5.96. The van der Waals surface area contributed by atoms with Crippen LogP contribution in [-0.4, -0.2) is 24.0 Å². The lowest BCUT2D eigenvalue weighted by Crippen LogP contribution is -2.29. The zero-order valence-corrected chi connectivity index (χ0v) is 11.8. The zero-order valence-electron chi connectivity index (χ0n) is 10.2. The molecule has 4 nitrogen and oxygen atoms in total. The number of amides is 1. The van der Waals surface area contributed by atoms with Crippen LogP contribution in [0.1, 0.15) is 37.0 Å². The minimum atomic E-state index is -0.439. The van der Waals surface area contributed by atoms with Crippen LogP contribution in [0.15, 0.2) is 16.7 Å². The monoisotopic (exact) mass is 299 g/mol. The van der Waals surface area contributed by atoms with E-state index in [-0.39, 0.29) is 0 Å². The number of pyridine rings is 1. The molecule has 1 aromatic heterocycles. The Morgan fingerprint density at radius 3 is 2.47 bits per heavy atom. The molecule has 0 fully saturated rings. The number of carbonyl (C=O) groups is 1. The molecular formula is C12H18BrN3O. The van der Waals surface area contributed by atoms with Crippen molar-refractivity contribution in [3.8, 4) is 0 Å². The first-order chi connectivity index (χ1) is 8.10. The number of hydrogen-bond donors (Lipinski definition) is 1. The van der Waals surface area contributed by atoms with Gasteiger partial charge >= 0.3 is 0 Å². The van der Waals surface area contributed by atoms with Crippen molar-refractivity contribution < 1.29 is 4.79 Å². The molecule has 94 valence electrons. The van der Waals surface area contributed by atoms with Crippen molar-refractivity contribution in [2.24, 2.45) is 5.73 Å². The van der Waals surface area contributed by atoms with Gasteiger partial charge in [-0.05, 0) is 34.8 Å². The second kappa shape index (κ2) is 6.59. The topological polar surface area (TPSA) is 59.2 Å². The second-order valence-electron chi connectivity index (χ2n) is 3.88. The average Bonchev–Trinajstić information content (AvgIpc) is 2.28. The van der Waals surface area contributed by atoms with E-state index in [2.05, 4.69) is 39.7 Å². The Kier molecular flexibility index (Phi) is 5.41. The number of rotatable bonds is 6. The van der Waals surface area contributed by atoms with Crippen molar-refractivity contribution in [3.05, 3.63) is 22.3 Å². The summed E-state index contributed by atoms with van der Waals surface area (Å²) in [4.78, 5) is 17.8. The molecule has 1 heterocycles. The van der Waals surface area contributed by atoms with Gasteiger partial charge in [0, 0.05) is 23.8 Å². The van der Waals surface area contributed by atoms with Crippen molar-refractivity contribution in [2.75, 3.05) is 18.0 Å². The van der Waals surface area contributed by atoms with Crippen molar-refractivity contribution in [1.82, 2.24) is 4.98 Å². The number of primary amides is 1. The van der Waals surface area contributed by atoms with E-state index in [9.17, 15) is 4.79 Å². The lowest BCUT2D eigenvalue weighted by molar-refractivity contribution is 0.100. The molecule has 1 amide bonds. The maximum atomic E-state index is 11.4. The van der Waals surface area contributed by atoms with E-state index in [1.165, 1.54) is 0 Å². The number of aromatic nitrogens is 1. The van der Waals surface area contributed by atoms with Gasteiger partial charge in [-0.2, -0.15) is 0 Å². The first-order valence-corrected chi connectivity index (χ1v) is 6.59. The highest BCUT2D eigenvalue weighted by Gasteiger charge is 2.15. The summed E-state index contributed by atoms with van der Waals surface area (Å²) in [6, 6.07) is 1.73. The zero-order chi connectivity index (χ0) is 12.8. The molecule has 0 spiro atoms. The fraction of sp³-hybridized carbons (Fsp3) is 0.500. The van der Waals surface area contributed by atoms with Crippen molar-refractivity contribution >= 4 is 27.7 Å². The Balaban J connectivity index is 3.12. The van der Waals surface area contributed by atoms with E-state index in [0.717, 1.165) is 30.4 Å². The van der Waals surface area contributed by atoms with Crippen LogP contribution in [-0.2, 0) is 0 Å². The van der Waals surface area contributed by atoms with E-state index in [4.69, 9.17) is 5.73 Å². The lowest BCUT2D eigenvalue weighted by atomic mass is 10.2. The van der Waals surface area contributed by atoms with Gasteiger partial charge in [-0.15, -0.1) is 0 Å². The van der Waals surface area contributed by atoms with Gasteiger partial charge in [0.25, 0.3) is 5.91 Å². The standard InChI is InChI=1S/C12H18BrN3O/c1-3-5-16(6-4-2)12-10(11(14)17)7-9(13)8-15-12/h7-8H,3-6H2,1-2H3,(H2,14,17). The summed E-state index contributed by atoms with van der Waals surface area (Å²) in [5, 5.41) is 0. The third kappa shape index (κ3) is 3.70. The summed E-state index contributed by atoms with van der Waals surface area (Å²) in [5.41, 5.74) is 5.86. The number of halogens is 1. The molecule has 5 heteroatoms. The number of anilines is 1. The molecule has 1 aromatic rings. The minimum Gasteiger partial charge on any atom is -0.365 e. The van der Waals surface area contributed by atoms with Gasteiger partial charge < -0.3 is 10.6 Å². The molecular weight excluding hydrogens is 282 g/mol. The number of nitrogens with two attached hydrogens (primary N) is 1. The molecule has 0 saturated carbocycles. The van der Waals surface area contributed by atoms with Gasteiger partial charge in [-0.1, -0.05) is 13.8 Å². The first-order valence-electron chi connectivity index (χ1n) is 5.80. The van der Waals surface area contributed by atoms with E-state index >= 15 is 0 Å². The van der Waals surface area contributed by atoms with Gasteiger partial charge in [-0.3, -0.25) is 4.79 Å². The third-order valence-electron chi connectivity index (χ3n) is 2.39. The maximum Gasteiger partial charge on any atom is 0.252 e. The van der Waals surface area contributed by atoms with Crippen molar-refractivity contribution in [3.63, 3.8) is 0 Å². The van der Waals surface area contributed by atoms with Crippen molar-refractivity contribution in [1.29, 1.82) is 0 Å². The molecule has 0 aromatic carbocycles. The largest absolute Gasteiger partial charge is 0.365 e. The van der Waals surface area contributed by atoms with Gasteiger partial charge in [0.1, 0.15) is 5.82 Å². The van der Waals surface area contributed by atoms with Crippen LogP contribution in [0.5, 0.6) is 0 Å². The molecule has 0 radical (unpaired) electrons. The Labute approximate surface area is 110 Å². The van der Waals surface area contributed by atoms with Gasteiger partial charge in [0.2, 0.25) is 0 Å². The fourth-order valence-electron chi connectivity index (χ4n) is 1.73. The molecule has 1 rings (SSSR count). The highest BCUT2D eigenvalue weighted by molar-refractivity contribution is 9.10. The van der Waals surface area contributed by atoms with E-state index in [0.29, 0.717) is 11.4 Å². The van der Waals surface area contributed by atoms with Gasteiger partial charge in [-0.25, -0.2) is 4.98 Å². The molecule has 0 aliphatic heterocycles. The van der Waals surface area contributed by atoms with Crippen LogP contribution in [0.2, 0.25) is 0 Å². The molecule has 0 unspecified atom stereocenters. The summed E-state index contributed by atoms with van der Waals surface area (Å²) in [5.74, 6) is 0.246. The normalized spacial score (nSPS) is 10.3. The molecule has 0 bridgehead atoms. The summed E-state index contributed by atoms with van der Waals surface area (Å²) in [6.07, 6.45) is 3.71. The van der Waals surface area contributed by atoms with Crippen LogP contribution in [0.4, 0.5) is 5.82 Å². The minimum absolute atomic E-state index is 0.439. The van der Waals surface area contributed by atoms with Crippen LogP contribution in [0, 0.1) is 0 Å². The lowest BCUT2D eigenvalue weighted by Gasteiger charge is -2.24. The molecule has 0 aliphatic carbocycles. The Bertz CT molecular complexity index is 389. The van der Waals surface area contributed by atoms with E-state index in [1.54, 1.807) is 12.3 Å². The van der Waals surface area contributed by atoms with Crippen LogP contribution in [0.25, 0.3) is 0 Å². The third-order valence-corrected chi connectivity index (χ3v) is 2.82. The predicted octanol–water partition coefficient (Wildman–Crippen LogP) is 2.57. The predicted molar refractivity (Wildman–Crippen MR) is 73.2 cm³/mol. The van der Waals surface area contributed by atoms with Gasteiger partial charge in [0.05, 0.1) is 5.56 Å². The maximum absolute atomic E-state index is 11.4. The summed E-state index contributed by atoms with van der Waals surface area (Å²) >= 11 is 3.30. The highest BCUT2D eigenvalue weighted by atomic mass is 79.9. The fourth-order valence-corrected chi connectivity index (χ4v) is 2.06. The molecule has 0 aliphatic rings. The SMILES string of the molecule is CCCN(CCC)c1ncc(Br)cc1C(N)=O. The number of hydrogen-bond acceptors (Lipinski definition) is 3. The summed E-state index contributed by atoms with van der Waals surface area (Å²) in [7, 11) is 0. The van der Waals surface area contributed by atoms with E-state index in [1.807, 2.05) is 0 Å². The van der Waals surface area contributed by atoms with Crippen LogP contribution < -0.4 is 10.6 Å². The van der Waals surface area contributed by atoms with E-state index < -0.39 is 5.91 Å². The molecule has 17 heavy (non-hydrogen) atoms. The smallest absolute Gasteiger partial charge is 0.252 e. The molecule has 0 saturated heterocycles. The Morgan fingerprint density at radius 2 is 2.00 bits per heavy atom. The van der Waals surface area contributed by atoms with Gasteiger partial charge in [0.15, 0.2) is 0 Å². The average molecular weight is 300 g/mol. The Morgan fingerprint density at radius 1 is 1.41 bits per heavy atom. The second-order valence-corrected chi connectivity index (χ2v) is 4.79. The number of nitrogens with zero attached hydrogens (tertiary/aromatic N) is 2. The highest BCUT2D eigenvalue weighted by Crippen LogP contribution is 2.21. The molecule has 0 atom stereocenters. The first kappa shape index (κ1) is 14.0. The van der Waals surface area contributed by atoms with Crippen molar-refractivity contribution in [2.45, 2.75) is 26.7 Å². The quantitative estimate of drug-likeness (QED) is 0.878. The summed E-state index contributed by atoms with van der Waals surface area (Å²) < 4.78 is 0.767. The Hall–Kier alpha value is -1.10. The van der Waals surface area contributed by atoms with Crippen LogP contribution in [0.3, 0.4) is 0 Å².